The molecule has 1 N–H and O–H groups in total. The lowest BCUT2D eigenvalue weighted by molar-refractivity contribution is -0.118. The van der Waals surface area contributed by atoms with Crippen molar-refractivity contribution in [2.45, 2.75) is 12.1 Å². The molecule has 33 heavy (non-hydrogen) atoms. The Morgan fingerprint density at radius 1 is 1.03 bits per heavy atom. The number of nitrogens with one attached hydrogen (secondary N) is 1. The van der Waals surface area contributed by atoms with E-state index in [1.54, 1.807) is 13.0 Å². The van der Waals surface area contributed by atoms with Crippen LogP contribution >= 0.6 is 39.3 Å². The summed E-state index contributed by atoms with van der Waals surface area (Å²) in [6.07, 6.45) is 0. The predicted molar refractivity (Wildman–Crippen MR) is 137 cm³/mol. The maximum absolute atomic E-state index is 12.5. The van der Waals surface area contributed by atoms with E-state index in [1.807, 2.05) is 77.4 Å². The fraction of sp³-hybridized carbons (Fsp3) is 0.0833. The zero-order valence-electron chi connectivity index (χ0n) is 17.6. The molecule has 1 heterocycles. The molecular formula is C24H19BrClN5OS. The molecule has 1 amide bonds. The number of benzene rings is 3. The summed E-state index contributed by atoms with van der Waals surface area (Å²) < 4.78 is 2.92. The van der Waals surface area contributed by atoms with Gasteiger partial charge in [-0.05, 0) is 37.3 Å². The van der Waals surface area contributed by atoms with E-state index in [0.717, 1.165) is 21.3 Å². The van der Waals surface area contributed by atoms with Crippen LogP contribution in [-0.4, -0.2) is 32.1 Å². The average Bonchev–Trinajstić information content (AvgIpc) is 3.26. The largest absolute Gasteiger partial charge is 0.272 e. The molecule has 3 aromatic carbocycles. The number of nitrogens with zero attached hydrogens (tertiary/aromatic N) is 4. The van der Waals surface area contributed by atoms with Crippen LogP contribution < -0.4 is 5.43 Å². The van der Waals surface area contributed by atoms with Gasteiger partial charge in [0.1, 0.15) is 0 Å². The Balaban J connectivity index is 1.53. The summed E-state index contributed by atoms with van der Waals surface area (Å²) in [5.41, 5.74) is 5.83. The van der Waals surface area contributed by atoms with Crippen molar-refractivity contribution in [2.24, 2.45) is 5.10 Å². The van der Waals surface area contributed by atoms with Gasteiger partial charge < -0.3 is 0 Å². The molecule has 0 aliphatic rings. The minimum atomic E-state index is -0.252. The summed E-state index contributed by atoms with van der Waals surface area (Å²) in [7, 11) is 0. The van der Waals surface area contributed by atoms with Gasteiger partial charge in [0.25, 0.3) is 5.91 Å². The highest BCUT2D eigenvalue weighted by atomic mass is 79.9. The Hall–Kier alpha value is -2.94. The second-order valence-corrected chi connectivity index (χ2v) is 9.25. The summed E-state index contributed by atoms with van der Waals surface area (Å²) >= 11 is 11.0. The summed E-state index contributed by atoms with van der Waals surface area (Å²) in [5.74, 6) is 0.578. The maximum Gasteiger partial charge on any atom is 0.250 e. The van der Waals surface area contributed by atoms with Gasteiger partial charge >= 0.3 is 0 Å². The number of carbonyl (C=O) groups is 1. The van der Waals surface area contributed by atoms with Crippen molar-refractivity contribution in [2.75, 3.05) is 5.75 Å². The molecule has 4 aromatic rings. The topological polar surface area (TPSA) is 72.2 Å². The number of rotatable bonds is 7. The number of hydrazone groups is 1. The van der Waals surface area contributed by atoms with Gasteiger partial charge in [-0.15, -0.1) is 10.2 Å². The van der Waals surface area contributed by atoms with Crippen molar-refractivity contribution < 1.29 is 4.79 Å². The third kappa shape index (κ3) is 5.71. The summed E-state index contributed by atoms with van der Waals surface area (Å²) in [4.78, 5) is 12.5. The first-order chi connectivity index (χ1) is 16.0. The molecule has 0 atom stereocenters. The minimum absolute atomic E-state index is 0.128. The van der Waals surface area contributed by atoms with Crippen molar-refractivity contribution in [3.63, 3.8) is 0 Å². The summed E-state index contributed by atoms with van der Waals surface area (Å²) in [6.45, 7) is 1.80. The fourth-order valence-corrected chi connectivity index (χ4v) is 4.37. The highest BCUT2D eigenvalue weighted by Crippen LogP contribution is 2.28. The van der Waals surface area contributed by atoms with Crippen LogP contribution in [0.25, 0.3) is 17.1 Å². The average molecular weight is 541 g/mol. The van der Waals surface area contributed by atoms with Crippen molar-refractivity contribution in [1.82, 2.24) is 20.2 Å². The van der Waals surface area contributed by atoms with E-state index in [-0.39, 0.29) is 11.7 Å². The fourth-order valence-electron chi connectivity index (χ4n) is 3.08. The Labute approximate surface area is 209 Å². The smallest absolute Gasteiger partial charge is 0.250 e. The van der Waals surface area contributed by atoms with Crippen molar-refractivity contribution >= 4 is 50.9 Å². The first kappa shape index (κ1) is 23.2. The van der Waals surface area contributed by atoms with E-state index >= 15 is 0 Å². The molecule has 0 aliphatic carbocycles. The Morgan fingerprint density at radius 2 is 1.73 bits per heavy atom. The third-order valence-corrected chi connectivity index (χ3v) is 6.48. The monoisotopic (exact) mass is 539 g/mol. The lowest BCUT2D eigenvalue weighted by atomic mass is 10.1. The van der Waals surface area contributed by atoms with Crippen LogP contribution in [0, 0.1) is 0 Å². The van der Waals surface area contributed by atoms with Gasteiger partial charge in [-0.3, -0.25) is 9.36 Å². The van der Waals surface area contributed by atoms with E-state index in [2.05, 4.69) is 36.7 Å². The van der Waals surface area contributed by atoms with Crippen LogP contribution in [0.15, 0.2) is 93.6 Å². The molecule has 0 radical (unpaired) electrons. The van der Waals surface area contributed by atoms with Gasteiger partial charge in [-0.2, -0.15) is 5.10 Å². The van der Waals surface area contributed by atoms with E-state index in [9.17, 15) is 4.79 Å². The first-order valence-electron chi connectivity index (χ1n) is 10.0. The molecule has 166 valence electrons. The van der Waals surface area contributed by atoms with E-state index in [0.29, 0.717) is 21.7 Å². The number of aromatic nitrogens is 3. The predicted octanol–water partition coefficient (Wildman–Crippen LogP) is 5.98. The number of hydrogen-bond donors (Lipinski definition) is 1. The highest BCUT2D eigenvalue weighted by molar-refractivity contribution is 9.10. The van der Waals surface area contributed by atoms with Crippen molar-refractivity contribution in [3.05, 3.63) is 93.9 Å². The van der Waals surface area contributed by atoms with Gasteiger partial charge in [0.05, 0.1) is 11.5 Å². The molecule has 0 saturated carbocycles. The van der Waals surface area contributed by atoms with Gasteiger partial charge in [0, 0.05) is 26.3 Å². The van der Waals surface area contributed by atoms with Gasteiger partial charge in [0.2, 0.25) is 0 Å². The van der Waals surface area contributed by atoms with Crippen LogP contribution in [0.5, 0.6) is 0 Å². The summed E-state index contributed by atoms with van der Waals surface area (Å²) in [5, 5.41) is 14.1. The number of amides is 1. The van der Waals surface area contributed by atoms with Crippen LogP contribution in [0.2, 0.25) is 5.02 Å². The zero-order valence-corrected chi connectivity index (χ0v) is 20.7. The minimum Gasteiger partial charge on any atom is -0.272 e. The molecule has 9 heteroatoms. The van der Waals surface area contributed by atoms with E-state index < -0.39 is 0 Å². The molecule has 4 rings (SSSR count). The summed E-state index contributed by atoms with van der Waals surface area (Å²) in [6, 6.07) is 25.0. The highest BCUT2D eigenvalue weighted by Gasteiger charge is 2.17. The first-order valence-corrected chi connectivity index (χ1v) is 12.2. The Kier molecular flexibility index (Phi) is 7.59. The second kappa shape index (κ2) is 10.8. The normalized spacial score (nSPS) is 11.4. The number of hydrogen-bond acceptors (Lipinski definition) is 5. The van der Waals surface area contributed by atoms with E-state index in [1.165, 1.54) is 11.8 Å². The quantitative estimate of drug-likeness (QED) is 0.178. The van der Waals surface area contributed by atoms with Crippen molar-refractivity contribution in [1.29, 1.82) is 0 Å². The molecule has 0 fully saturated rings. The number of thioether (sulfide) groups is 1. The molecule has 0 unspecified atom stereocenters. The van der Waals surface area contributed by atoms with Gasteiger partial charge in [-0.25, -0.2) is 5.43 Å². The van der Waals surface area contributed by atoms with Gasteiger partial charge in [0.15, 0.2) is 11.0 Å². The molecule has 0 aliphatic heterocycles. The van der Waals surface area contributed by atoms with Crippen LogP contribution in [0.1, 0.15) is 12.5 Å². The number of carbonyl (C=O) groups excluding carboxylic acids is 1. The molecular weight excluding hydrogens is 522 g/mol. The van der Waals surface area contributed by atoms with Crippen LogP contribution in [0.3, 0.4) is 0 Å². The zero-order chi connectivity index (χ0) is 23.2. The lowest BCUT2D eigenvalue weighted by Gasteiger charge is -2.10. The molecule has 0 bridgehead atoms. The standard InChI is InChI=1S/C24H19BrClN5OS/c1-16(20-9-5-6-10-21(20)26)27-28-22(32)15-33-24-30-29-23(17-7-3-2-4-8-17)31(24)19-13-11-18(25)12-14-19/h2-14H,15H2,1H3,(H,28,32)/b27-16-. The SMILES string of the molecule is C/C(=N/NC(=O)CSc1nnc(-c2ccccc2)n1-c1ccc(Br)cc1)c1ccccc1Cl. The van der Waals surface area contributed by atoms with Crippen molar-refractivity contribution in [3.8, 4) is 17.1 Å². The molecule has 1 aromatic heterocycles. The van der Waals surface area contributed by atoms with Crippen LogP contribution in [0.4, 0.5) is 0 Å². The molecule has 0 saturated heterocycles. The maximum atomic E-state index is 12.5. The van der Waals surface area contributed by atoms with E-state index in [4.69, 9.17) is 11.6 Å². The van der Waals surface area contributed by atoms with Crippen LogP contribution in [-0.2, 0) is 4.79 Å². The molecule has 0 spiro atoms. The number of halogens is 2. The Bertz CT molecular complexity index is 1290. The third-order valence-electron chi connectivity index (χ3n) is 4.69. The second-order valence-electron chi connectivity index (χ2n) is 6.98. The molecule has 6 nitrogen and oxygen atoms in total. The van der Waals surface area contributed by atoms with Gasteiger partial charge in [-0.1, -0.05) is 87.8 Å². The Morgan fingerprint density at radius 3 is 2.45 bits per heavy atom. The lowest BCUT2D eigenvalue weighted by Crippen LogP contribution is -2.21.